The summed E-state index contributed by atoms with van der Waals surface area (Å²) in [4.78, 5) is 20.8. The van der Waals surface area contributed by atoms with Crippen molar-refractivity contribution < 1.29 is 0 Å². The van der Waals surface area contributed by atoms with E-state index >= 15 is 0 Å². The summed E-state index contributed by atoms with van der Waals surface area (Å²) in [5.41, 5.74) is 19.4. The number of aliphatic imine (C=N–C) groups is 2. The molecule has 2 atom stereocenters. The first-order valence-electron chi connectivity index (χ1n) is 18.5. The monoisotopic (exact) mass is 688 g/mol. The van der Waals surface area contributed by atoms with Crippen molar-refractivity contribution in [1.82, 2.24) is 9.97 Å². The fraction of sp³-hybridized carbons (Fsp3) is 0.0400. The van der Waals surface area contributed by atoms with E-state index in [1.165, 1.54) is 55.6 Å². The predicted molar refractivity (Wildman–Crippen MR) is 218 cm³/mol. The standard InChI is InChI=1S/C50H32N4/c1-3-13-31(14-4-1)45-39-19-9-7-17-35(39)37-25-23-33(29-41(37)45)47-49-43(21-11-27-51-49)54-48(50-44(53-47)22-12-28-52-50)34-24-26-38-36-18-8-10-20-40(36)46(42(38)30-34)32-15-5-2-6-16-32/h1-30,45-46H/b49-47?,50-48?,53-44?,53-47-,54-43?,54-48-. The highest BCUT2D eigenvalue weighted by atomic mass is 14.9. The third-order valence-corrected chi connectivity index (χ3v) is 11.1. The van der Waals surface area contributed by atoms with Crippen LogP contribution in [0.25, 0.3) is 22.3 Å². The highest BCUT2D eigenvalue weighted by Gasteiger charge is 2.33. The molecule has 252 valence electrons. The molecular formula is C50H32N4. The molecule has 4 nitrogen and oxygen atoms in total. The van der Waals surface area contributed by atoms with Crippen LogP contribution in [0.2, 0.25) is 0 Å². The Morgan fingerprint density at radius 2 is 0.741 bits per heavy atom. The summed E-state index contributed by atoms with van der Waals surface area (Å²) < 4.78 is 0. The van der Waals surface area contributed by atoms with E-state index < -0.39 is 0 Å². The number of nitrogens with zero attached hydrogens (tertiary/aromatic N) is 4. The first-order valence-corrected chi connectivity index (χ1v) is 18.5. The van der Waals surface area contributed by atoms with Crippen LogP contribution in [0.15, 0.2) is 192 Å². The third-order valence-electron chi connectivity index (χ3n) is 11.1. The summed E-state index contributed by atoms with van der Waals surface area (Å²) in [6.45, 7) is 0. The molecule has 4 heteroatoms. The number of rotatable bonds is 4. The first kappa shape index (κ1) is 30.6. The smallest absolute Gasteiger partial charge is 0.115 e. The van der Waals surface area contributed by atoms with E-state index in [-0.39, 0.29) is 11.8 Å². The average Bonchev–Trinajstić information content (AvgIpc) is 3.74. The molecule has 0 N–H and O–H groups in total. The van der Waals surface area contributed by atoms with Crippen LogP contribution in [0.3, 0.4) is 0 Å². The number of pyridine rings is 2. The van der Waals surface area contributed by atoms with Crippen LogP contribution in [-0.4, -0.2) is 21.4 Å². The van der Waals surface area contributed by atoms with Gasteiger partial charge < -0.3 is 0 Å². The van der Waals surface area contributed by atoms with Gasteiger partial charge in [0.2, 0.25) is 0 Å². The van der Waals surface area contributed by atoms with Gasteiger partial charge in [0.25, 0.3) is 0 Å². The number of aromatic nitrogens is 2. The van der Waals surface area contributed by atoms with Crippen LogP contribution in [0.5, 0.6) is 0 Å². The predicted octanol–water partition coefficient (Wildman–Crippen LogP) is 11.4. The molecule has 0 radical (unpaired) electrons. The van der Waals surface area contributed by atoms with Gasteiger partial charge in [0.1, 0.15) is 11.4 Å². The van der Waals surface area contributed by atoms with Gasteiger partial charge in [-0.05, 0) is 92.0 Å². The topological polar surface area (TPSA) is 50.5 Å². The van der Waals surface area contributed by atoms with E-state index in [4.69, 9.17) is 20.0 Å². The minimum atomic E-state index is 0.124. The molecule has 2 aromatic heterocycles. The fourth-order valence-corrected chi connectivity index (χ4v) is 8.81. The molecule has 54 heavy (non-hydrogen) atoms. The summed E-state index contributed by atoms with van der Waals surface area (Å²) in [7, 11) is 0. The van der Waals surface area contributed by atoms with Gasteiger partial charge in [-0.15, -0.1) is 0 Å². The van der Waals surface area contributed by atoms with Crippen LogP contribution in [0.4, 0.5) is 11.4 Å². The van der Waals surface area contributed by atoms with Gasteiger partial charge in [0.15, 0.2) is 0 Å². The van der Waals surface area contributed by atoms with Gasteiger partial charge in [0, 0.05) is 35.4 Å². The summed E-state index contributed by atoms with van der Waals surface area (Å²) in [6.07, 6.45) is 3.67. The molecule has 2 aliphatic carbocycles. The molecule has 0 fully saturated rings. The van der Waals surface area contributed by atoms with Crippen LogP contribution < -0.4 is 0 Å². The van der Waals surface area contributed by atoms with Crippen molar-refractivity contribution in [2.75, 3.05) is 0 Å². The molecule has 8 aromatic rings. The minimum absolute atomic E-state index is 0.124. The molecule has 11 rings (SSSR count). The summed E-state index contributed by atoms with van der Waals surface area (Å²) in [6, 6.07) is 60.6. The second-order valence-electron chi connectivity index (χ2n) is 14.1. The lowest BCUT2D eigenvalue weighted by molar-refractivity contribution is 1.01. The molecule has 0 bridgehead atoms. The Balaban J connectivity index is 1.08. The van der Waals surface area contributed by atoms with Gasteiger partial charge >= 0.3 is 0 Å². The highest BCUT2D eigenvalue weighted by molar-refractivity contribution is 6.21. The number of benzene rings is 6. The van der Waals surface area contributed by atoms with Gasteiger partial charge in [-0.3, -0.25) is 9.97 Å². The Morgan fingerprint density at radius 3 is 1.20 bits per heavy atom. The van der Waals surface area contributed by atoms with Gasteiger partial charge in [0.05, 0.1) is 22.8 Å². The number of fused-ring (bicyclic) bond motifs is 8. The van der Waals surface area contributed by atoms with E-state index in [1.54, 1.807) is 0 Å². The fourth-order valence-electron chi connectivity index (χ4n) is 8.81. The Bertz CT molecular complexity index is 2640. The molecule has 0 amide bonds. The molecule has 2 unspecified atom stereocenters. The lowest BCUT2D eigenvalue weighted by Crippen LogP contribution is -2.13. The molecule has 1 aliphatic heterocycles. The van der Waals surface area contributed by atoms with Crippen LogP contribution in [-0.2, 0) is 0 Å². The normalized spacial score (nSPS) is 17.9. The van der Waals surface area contributed by atoms with Crippen LogP contribution >= 0.6 is 0 Å². The Labute approximate surface area is 314 Å². The second-order valence-corrected chi connectivity index (χ2v) is 14.1. The molecule has 3 heterocycles. The van der Waals surface area contributed by atoms with E-state index in [0.29, 0.717) is 0 Å². The van der Waals surface area contributed by atoms with E-state index in [1.807, 2.05) is 36.7 Å². The lowest BCUT2D eigenvalue weighted by Gasteiger charge is -2.19. The Hall–Kier alpha value is -7.04. The van der Waals surface area contributed by atoms with E-state index in [2.05, 4.69) is 146 Å². The number of hydrogen-bond donors (Lipinski definition) is 0. The zero-order chi connectivity index (χ0) is 35.6. The molecule has 0 spiro atoms. The second kappa shape index (κ2) is 12.3. The van der Waals surface area contributed by atoms with Gasteiger partial charge in [-0.1, -0.05) is 133 Å². The zero-order valence-corrected chi connectivity index (χ0v) is 29.3. The quantitative estimate of drug-likeness (QED) is 0.185. The summed E-state index contributed by atoms with van der Waals surface area (Å²) in [5.74, 6) is 0.248. The van der Waals surface area contributed by atoms with E-state index in [9.17, 15) is 0 Å². The van der Waals surface area contributed by atoms with E-state index in [0.717, 1.165) is 45.3 Å². The maximum atomic E-state index is 5.44. The maximum absolute atomic E-state index is 5.44. The number of hydrogen-bond acceptors (Lipinski definition) is 4. The van der Waals surface area contributed by atoms with Crippen molar-refractivity contribution >= 4 is 22.8 Å². The molecule has 3 aliphatic rings. The molecule has 0 saturated heterocycles. The summed E-state index contributed by atoms with van der Waals surface area (Å²) >= 11 is 0. The maximum Gasteiger partial charge on any atom is 0.115 e. The zero-order valence-electron chi connectivity index (χ0n) is 29.3. The third kappa shape index (κ3) is 4.77. The minimum Gasteiger partial charge on any atom is -0.252 e. The Morgan fingerprint density at radius 1 is 0.333 bits per heavy atom. The summed E-state index contributed by atoms with van der Waals surface area (Å²) in [5, 5.41) is 0. The largest absolute Gasteiger partial charge is 0.252 e. The van der Waals surface area contributed by atoms with Crippen LogP contribution in [0, 0.1) is 0 Å². The van der Waals surface area contributed by atoms with Gasteiger partial charge in [-0.2, -0.15) is 0 Å². The van der Waals surface area contributed by atoms with Gasteiger partial charge in [-0.25, -0.2) is 9.98 Å². The SMILES string of the molecule is c1ccc(C2c3ccccc3-c3ccc(/C4=N/c5cccnc5/C(c5ccc6c(c5)C(c5ccccc5)c5ccccc5-6)=N\c5cccnc54)cc32)cc1. The van der Waals surface area contributed by atoms with Crippen molar-refractivity contribution in [2.45, 2.75) is 11.8 Å². The van der Waals surface area contributed by atoms with Crippen molar-refractivity contribution in [1.29, 1.82) is 0 Å². The molecule has 6 aromatic carbocycles. The van der Waals surface area contributed by atoms with Crippen molar-refractivity contribution in [3.63, 3.8) is 0 Å². The molecule has 0 saturated carbocycles. The average molecular weight is 689 g/mol. The highest BCUT2D eigenvalue weighted by Crippen LogP contribution is 2.50. The molecular weight excluding hydrogens is 657 g/mol. The first-order chi connectivity index (χ1) is 26.8. The Kier molecular flexibility index (Phi) is 6.96. The lowest BCUT2D eigenvalue weighted by atomic mass is 9.88. The van der Waals surface area contributed by atoms with Crippen LogP contribution in [0.1, 0.15) is 67.7 Å². The van der Waals surface area contributed by atoms with Crippen molar-refractivity contribution in [3.05, 3.63) is 238 Å². The van der Waals surface area contributed by atoms with Crippen molar-refractivity contribution in [2.24, 2.45) is 9.98 Å². The van der Waals surface area contributed by atoms with Crippen molar-refractivity contribution in [3.8, 4) is 22.3 Å².